The van der Waals surface area contributed by atoms with Gasteiger partial charge in [0.2, 0.25) is 0 Å². The molecule has 0 aliphatic carbocycles. The molecule has 0 amide bonds. The zero-order valence-electron chi connectivity index (χ0n) is 8.90. The fourth-order valence-electron chi connectivity index (χ4n) is 1.10. The molecule has 80 valence electrons. The molecule has 0 fully saturated rings. The molecular weight excluding hydrogens is 208 g/mol. The van der Waals surface area contributed by atoms with Crippen LogP contribution in [0.1, 0.15) is 17.8 Å². The summed E-state index contributed by atoms with van der Waals surface area (Å²) >= 11 is 1.54. The molecule has 0 radical (unpaired) electrons. The van der Waals surface area contributed by atoms with Crippen LogP contribution in [0.5, 0.6) is 0 Å². The number of nitrogens with zero attached hydrogens (tertiary/aromatic N) is 3. The maximum atomic E-state index is 8.50. The van der Waals surface area contributed by atoms with Crippen molar-refractivity contribution >= 4 is 11.8 Å². The summed E-state index contributed by atoms with van der Waals surface area (Å²) in [4.78, 5) is 8.57. The van der Waals surface area contributed by atoms with Crippen LogP contribution in [-0.4, -0.2) is 21.8 Å². The van der Waals surface area contributed by atoms with E-state index in [1.165, 1.54) is 11.8 Å². The molecule has 5 heteroatoms. The van der Waals surface area contributed by atoms with E-state index in [0.717, 1.165) is 22.3 Å². The highest BCUT2D eigenvalue weighted by Gasteiger charge is 2.03. The van der Waals surface area contributed by atoms with Crippen molar-refractivity contribution in [3.8, 4) is 6.07 Å². The molecule has 0 aromatic carbocycles. The summed E-state index contributed by atoms with van der Waals surface area (Å²) in [6.07, 6.45) is 0.664. The summed E-state index contributed by atoms with van der Waals surface area (Å²) in [5.41, 5.74) is 7.42. The van der Waals surface area contributed by atoms with Gasteiger partial charge < -0.3 is 5.73 Å². The van der Waals surface area contributed by atoms with Crippen molar-refractivity contribution < 1.29 is 0 Å². The van der Waals surface area contributed by atoms with Crippen LogP contribution in [0.15, 0.2) is 11.2 Å². The van der Waals surface area contributed by atoms with E-state index in [9.17, 15) is 0 Å². The van der Waals surface area contributed by atoms with E-state index in [2.05, 4.69) is 9.97 Å². The minimum Gasteiger partial charge on any atom is -0.316 e. The predicted molar refractivity (Wildman–Crippen MR) is 60.4 cm³/mol. The van der Waals surface area contributed by atoms with Gasteiger partial charge in [-0.3, -0.25) is 0 Å². The van der Waals surface area contributed by atoms with Gasteiger partial charge in [-0.25, -0.2) is 9.97 Å². The van der Waals surface area contributed by atoms with E-state index in [1.807, 2.05) is 26.0 Å². The van der Waals surface area contributed by atoms with E-state index in [0.29, 0.717) is 6.42 Å². The molecule has 0 aliphatic rings. The minimum atomic E-state index is -0.386. The average molecular weight is 222 g/mol. The first-order chi connectivity index (χ1) is 7.11. The molecule has 1 aromatic rings. The lowest BCUT2D eigenvalue weighted by atomic mass is 10.3. The molecule has 0 saturated carbocycles. The third kappa shape index (κ3) is 4.28. The number of aryl methyl sites for hydroxylation is 2. The normalized spacial score (nSPS) is 12.1. The average Bonchev–Trinajstić information content (AvgIpc) is 2.16. The van der Waals surface area contributed by atoms with Crippen molar-refractivity contribution in [1.82, 2.24) is 9.97 Å². The lowest BCUT2D eigenvalue weighted by Crippen LogP contribution is -2.17. The number of hydrogen-bond donors (Lipinski definition) is 1. The number of thioether (sulfide) groups is 1. The quantitative estimate of drug-likeness (QED) is 0.616. The van der Waals surface area contributed by atoms with E-state index >= 15 is 0 Å². The van der Waals surface area contributed by atoms with Crippen LogP contribution in [0.4, 0.5) is 0 Å². The first kappa shape index (κ1) is 12.0. The molecule has 0 spiro atoms. The van der Waals surface area contributed by atoms with Crippen LogP contribution < -0.4 is 5.73 Å². The summed E-state index contributed by atoms with van der Waals surface area (Å²) in [6, 6.07) is 3.55. The van der Waals surface area contributed by atoms with Crippen molar-refractivity contribution in [2.75, 3.05) is 5.75 Å². The van der Waals surface area contributed by atoms with Crippen molar-refractivity contribution in [1.29, 1.82) is 5.26 Å². The van der Waals surface area contributed by atoms with Crippen molar-refractivity contribution in [2.45, 2.75) is 31.5 Å². The number of hydrogen-bond acceptors (Lipinski definition) is 5. The zero-order valence-corrected chi connectivity index (χ0v) is 9.71. The number of rotatable bonds is 4. The summed E-state index contributed by atoms with van der Waals surface area (Å²) in [7, 11) is 0. The molecule has 0 saturated heterocycles. The van der Waals surface area contributed by atoms with E-state index in [4.69, 9.17) is 11.0 Å². The van der Waals surface area contributed by atoms with Gasteiger partial charge in [-0.1, -0.05) is 11.8 Å². The van der Waals surface area contributed by atoms with Crippen LogP contribution in [0.2, 0.25) is 0 Å². The Morgan fingerprint density at radius 2 is 2.07 bits per heavy atom. The molecule has 2 N–H and O–H groups in total. The third-order valence-electron chi connectivity index (χ3n) is 1.79. The molecule has 0 aliphatic heterocycles. The predicted octanol–water partition coefficient (Wildman–Crippen LogP) is 1.43. The Labute approximate surface area is 93.9 Å². The number of nitrogens with two attached hydrogens (primary N) is 1. The summed E-state index contributed by atoms with van der Waals surface area (Å²) in [5.74, 6) is 0.775. The lowest BCUT2D eigenvalue weighted by Gasteiger charge is -2.03. The van der Waals surface area contributed by atoms with Gasteiger partial charge in [-0.15, -0.1) is 0 Å². The molecule has 0 bridgehead atoms. The maximum Gasteiger partial charge on any atom is 0.187 e. The van der Waals surface area contributed by atoms with Gasteiger partial charge >= 0.3 is 0 Å². The molecule has 1 rings (SSSR count). The lowest BCUT2D eigenvalue weighted by molar-refractivity contribution is 0.799. The van der Waals surface area contributed by atoms with Gasteiger partial charge in [0, 0.05) is 17.1 Å². The minimum absolute atomic E-state index is 0.386. The van der Waals surface area contributed by atoms with E-state index < -0.39 is 0 Å². The number of aromatic nitrogens is 2. The fourth-order valence-corrected chi connectivity index (χ4v) is 2.07. The standard InChI is InChI=1S/C10H14N4S/c1-7-5-8(2)14-10(13-7)15-4-3-9(12)6-11/h5,9H,3-4,12H2,1-2H3. The zero-order chi connectivity index (χ0) is 11.3. The van der Waals surface area contributed by atoms with Crippen LogP contribution in [0.25, 0.3) is 0 Å². The van der Waals surface area contributed by atoms with Crippen molar-refractivity contribution in [2.24, 2.45) is 5.73 Å². The van der Waals surface area contributed by atoms with Gasteiger partial charge in [0.25, 0.3) is 0 Å². The first-order valence-corrected chi connectivity index (χ1v) is 5.70. The monoisotopic (exact) mass is 222 g/mol. The second-order valence-electron chi connectivity index (χ2n) is 3.31. The SMILES string of the molecule is Cc1cc(C)nc(SCCC(N)C#N)n1. The van der Waals surface area contributed by atoms with Gasteiger partial charge in [0.1, 0.15) is 0 Å². The molecule has 15 heavy (non-hydrogen) atoms. The second kappa shape index (κ2) is 5.69. The van der Waals surface area contributed by atoms with Crippen LogP contribution in [0, 0.1) is 25.2 Å². The van der Waals surface area contributed by atoms with Crippen molar-refractivity contribution in [3.63, 3.8) is 0 Å². The highest BCUT2D eigenvalue weighted by molar-refractivity contribution is 7.99. The van der Waals surface area contributed by atoms with Gasteiger partial charge in [0.05, 0.1) is 12.1 Å². The topological polar surface area (TPSA) is 75.6 Å². The first-order valence-electron chi connectivity index (χ1n) is 4.72. The van der Waals surface area contributed by atoms with E-state index in [1.54, 1.807) is 0 Å². The summed E-state index contributed by atoms with van der Waals surface area (Å²) in [5, 5.41) is 9.27. The van der Waals surface area contributed by atoms with Gasteiger partial charge in [-0.05, 0) is 26.3 Å². The maximum absolute atomic E-state index is 8.50. The second-order valence-corrected chi connectivity index (χ2v) is 4.37. The van der Waals surface area contributed by atoms with Crippen LogP contribution in [-0.2, 0) is 0 Å². The summed E-state index contributed by atoms with van der Waals surface area (Å²) < 4.78 is 0. The Morgan fingerprint density at radius 3 is 2.60 bits per heavy atom. The molecular formula is C10H14N4S. The largest absolute Gasteiger partial charge is 0.316 e. The van der Waals surface area contributed by atoms with Gasteiger partial charge in [-0.2, -0.15) is 5.26 Å². The molecule has 1 atom stereocenters. The highest BCUT2D eigenvalue weighted by Crippen LogP contribution is 2.15. The van der Waals surface area contributed by atoms with Crippen LogP contribution >= 0.6 is 11.8 Å². The van der Waals surface area contributed by atoms with Crippen LogP contribution in [0.3, 0.4) is 0 Å². The highest BCUT2D eigenvalue weighted by atomic mass is 32.2. The Hall–Kier alpha value is -1.12. The Morgan fingerprint density at radius 1 is 1.47 bits per heavy atom. The molecule has 1 unspecified atom stereocenters. The molecule has 1 aromatic heterocycles. The molecule has 1 heterocycles. The Kier molecular flexibility index (Phi) is 4.53. The Balaban J connectivity index is 2.48. The van der Waals surface area contributed by atoms with Crippen molar-refractivity contribution in [3.05, 3.63) is 17.5 Å². The Bertz CT molecular complexity index is 352. The van der Waals surface area contributed by atoms with E-state index in [-0.39, 0.29) is 6.04 Å². The van der Waals surface area contributed by atoms with Gasteiger partial charge in [0.15, 0.2) is 5.16 Å². The summed E-state index contributed by atoms with van der Waals surface area (Å²) in [6.45, 7) is 3.89. The smallest absolute Gasteiger partial charge is 0.187 e. The molecule has 4 nitrogen and oxygen atoms in total. The fraction of sp³-hybridized carbons (Fsp3) is 0.500. The third-order valence-corrected chi connectivity index (χ3v) is 2.67. The number of nitriles is 1.